The van der Waals surface area contributed by atoms with Gasteiger partial charge < -0.3 is 5.73 Å². The molecule has 2 aromatic heterocycles. The molecule has 2 aromatic rings. The maximum atomic E-state index is 5.87. The lowest BCUT2D eigenvalue weighted by Crippen LogP contribution is -2.02. The maximum absolute atomic E-state index is 5.87. The van der Waals surface area contributed by atoms with Crippen LogP contribution in [-0.2, 0) is 13.5 Å². The first-order valence-corrected chi connectivity index (χ1v) is 6.14. The number of nitrogens with two attached hydrogens (primary N) is 1. The van der Waals surface area contributed by atoms with Crippen LogP contribution in [-0.4, -0.2) is 19.7 Å². The molecular weight excluding hydrogens is 282 g/mol. The van der Waals surface area contributed by atoms with Crippen molar-refractivity contribution in [3.63, 3.8) is 0 Å². The summed E-state index contributed by atoms with van der Waals surface area (Å²) in [6.07, 6.45) is 2.71. The molecule has 2 N–H and O–H groups in total. The van der Waals surface area contributed by atoms with Crippen molar-refractivity contribution in [2.45, 2.75) is 20.3 Å². The second-order valence-electron chi connectivity index (χ2n) is 3.85. The summed E-state index contributed by atoms with van der Waals surface area (Å²) >= 11 is 3.40. The van der Waals surface area contributed by atoms with Crippen molar-refractivity contribution in [2.24, 2.45) is 7.05 Å². The molecule has 0 atom stereocenters. The summed E-state index contributed by atoms with van der Waals surface area (Å²) in [5.41, 5.74) is 8.60. The van der Waals surface area contributed by atoms with Gasteiger partial charge in [0.1, 0.15) is 5.82 Å². The molecule has 0 aromatic carbocycles. The number of halogens is 1. The Morgan fingerprint density at radius 1 is 1.41 bits per heavy atom. The highest BCUT2D eigenvalue weighted by Gasteiger charge is 2.13. The first-order chi connectivity index (χ1) is 8.02. The number of nitrogen functional groups attached to an aromatic ring is 1. The highest BCUT2D eigenvalue weighted by Crippen LogP contribution is 2.26. The van der Waals surface area contributed by atoms with Crippen LogP contribution in [0.15, 0.2) is 10.7 Å². The van der Waals surface area contributed by atoms with Crippen LogP contribution in [0.5, 0.6) is 0 Å². The fourth-order valence-corrected chi connectivity index (χ4v) is 2.14. The van der Waals surface area contributed by atoms with E-state index in [1.165, 1.54) is 0 Å². The molecule has 0 radical (unpaired) electrons. The Morgan fingerprint density at radius 3 is 2.65 bits per heavy atom. The smallest absolute Gasteiger partial charge is 0.165 e. The number of hydrogen-bond donors (Lipinski definition) is 1. The van der Waals surface area contributed by atoms with Gasteiger partial charge in [-0.25, -0.2) is 9.97 Å². The summed E-state index contributed by atoms with van der Waals surface area (Å²) in [4.78, 5) is 8.80. The average molecular weight is 296 g/mol. The summed E-state index contributed by atoms with van der Waals surface area (Å²) in [6, 6.07) is 0. The predicted octanol–water partition coefficient (Wildman–Crippen LogP) is 2.09. The Hall–Kier alpha value is -1.43. The monoisotopic (exact) mass is 295 g/mol. The Morgan fingerprint density at radius 2 is 2.12 bits per heavy atom. The standard InChI is InChI=1S/C11H14BrN5/c1-4-8-9(12)10(13)15-11(14-8)7-5-17(3)16-6(7)2/h5H,4H2,1-3H3,(H2,13,14,15). The van der Waals surface area contributed by atoms with E-state index in [0.29, 0.717) is 11.6 Å². The number of nitrogens with zero attached hydrogens (tertiary/aromatic N) is 4. The fraction of sp³-hybridized carbons (Fsp3) is 0.364. The Bertz CT molecular complexity index is 561. The largest absolute Gasteiger partial charge is 0.383 e. The van der Waals surface area contributed by atoms with E-state index in [9.17, 15) is 0 Å². The van der Waals surface area contributed by atoms with Gasteiger partial charge in [-0.15, -0.1) is 0 Å². The topological polar surface area (TPSA) is 69.6 Å². The third-order valence-electron chi connectivity index (χ3n) is 2.53. The molecule has 0 aliphatic heterocycles. The SMILES string of the molecule is CCc1nc(-c2cn(C)nc2C)nc(N)c1Br. The van der Waals surface area contributed by atoms with Crippen LogP contribution in [0.3, 0.4) is 0 Å². The van der Waals surface area contributed by atoms with E-state index in [1.807, 2.05) is 27.1 Å². The minimum absolute atomic E-state index is 0.468. The molecule has 0 aliphatic carbocycles. The molecule has 0 saturated heterocycles. The minimum Gasteiger partial charge on any atom is -0.383 e. The van der Waals surface area contributed by atoms with Gasteiger partial charge in [0.25, 0.3) is 0 Å². The van der Waals surface area contributed by atoms with Crippen LogP contribution < -0.4 is 5.73 Å². The van der Waals surface area contributed by atoms with Crippen molar-refractivity contribution in [2.75, 3.05) is 5.73 Å². The normalized spacial score (nSPS) is 10.8. The first kappa shape index (κ1) is 12.0. The first-order valence-electron chi connectivity index (χ1n) is 5.35. The van der Waals surface area contributed by atoms with Crippen molar-refractivity contribution in [1.29, 1.82) is 0 Å². The molecular formula is C11H14BrN5. The van der Waals surface area contributed by atoms with Gasteiger partial charge in [0, 0.05) is 13.2 Å². The van der Waals surface area contributed by atoms with E-state index in [2.05, 4.69) is 31.0 Å². The third kappa shape index (κ3) is 2.17. The van der Waals surface area contributed by atoms with Crippen molar-refractivity contribution in [3.05, 3.63) is 22.1 Å². The molecule has 17 heavy (non-hydrogen) atoms. The maximum Gasteiger partial charge on any atom is 0.165 e. The lowest BCUT2D eigenvalue weighted by molar-refractivity contribution is 0.756. The van der Waals surface area contributed by atoms with Crippen LogP contribution in [0, 0.1) is 6.92 Å². The molecule has 2 rings (SSSR count). The Kier molecular flexibility index (Phi) is 3.15. The highest BCUT2D eigenvalue weighted by atomic mass is 79.9. The summed E-state index contributed by atoms with van der Waals surface area (Å²) in [5.74, 6) is 1.10. The van der Waals surface area contributed by atoms with Gasteiger partial charge >= 0.3 is 0 Å². The van der Waals surface area contributed by atoms with E-state index in [-0.39, 0.29) is 0 Å². The van der Waals surface area contributed by atoms with Gasteiger partial charge in [-0.1, -0.05) is 6.92 Å². The number of hydrogen-bond acceptors (Lipinski definition) is 4. The molecule has 0 saturated carbocycles. The zero-order chi connectivity index (χ0) is 12.6. The predicted molar refractivity (Wildman–Crippen MR) is 70.5 cm³/mol. The van der Waals surface area contributed by atoms with Crippen LogP contribution >= 0.6 is 15.9 Å². The van der Waals surface area contributed by atoms with Crippen LogP contribution in [0.25, 0.3) is 11.4 Å². The molecule has 0 aliphatic rings. The quantitative estimate of drug-likeness (QED) is 0.921. The van der Waals surface area contributed by atoms with Crippen LogP contribution in [0.4, 0.5) is 5.82 Å². The molecule has 0 amide bonds. The van der Waals surface area contributed by atoms with Gasteiger partial charge in [0.05, 0.1) is 21.4 Å². The van der Waals surface area contributed by atoms with Gasteiger partial charge in [-0.2, -0.15) is 5.10 Å². The van der Waals surface area contributed by atoms with Gasteiger partial charge in [-0.3, -0.25) is 4.68 Å². The number of aryl methyl sites for hydroxylation is 3. The molecule has 0 spiro atoms. The van der Waals surface area contributed by atoms with E-state index in [1.54, 1.807) is 4.68 Å². The zero-order valence-corrected chi connectivity index (χ0v) is 11.6. The third-order valence-corrected chi connectivity index (χ3v) is 3.40. The van der Waals surface area contributed by atoms with Gasteiger partial charge in [0.2, 0.25) is 0 Å². The molecule has 90 valence electrons. The fourth-order valence-electron chi connectivity index (χ4n) is 1.69. The van der Waals surface area contributed by atoms with Gasteiger partial charge in [-0.05, 0) is 29.3 Å². The van der Waals surface area contributed by atoms with Crippen molar-refractivity contribution in [3.8, 4) is 11.4 Å². The molecule has 0 bridgehead atoms. The molecule has 5 nitrogen and oxygen atoms in total. The van der Waals surface area contributed by atoms with Crippen LogP contribution in [0.2, 0.25) is 0 Å². The second kappa shape index (κ2) is 4.44. The zero-order valence-electron chi connectivity index (χ0n) is 10.0. The number of rotatable bonds is 2. The summed E-state index contributed by atoms with van der Waals surface area (Å²) in [5, 5.41) is 4.28. The van der Waals surface area contributed by atoms with Gasteiger partial charge in [0.15, 0.2) is 5.82 Å². The highest BCUT2D eigenvalue weighted by molar-refractivity contribution is 9.10. The van der Waals surface area contributed by atoms with E-state index >= 15 is 0 Å². The average Bonchev–Trinajstić information content (AvgIpc) is 2.61. The number of anilines is 1. The van der Waals surface area contributed by atoms with E-state index in [0.717, 1.165) is 27.8 Å². The Balaban J connectivity index is 2.60. The van der Waals surface area contributed by atoms with Crippen molar-refractivity contribution in [1.82, 2.24) is 19.7 Å². The molecule has 6 heteroatoms. The lowest BCUT2D eigenvalue weighted by atomic mass is 10.2. The Labute approximate surface area is 108 Å². The van der Waals surface area contributed by atoms with E-state index < -0.39 is 0 Å². The molecule has 0 unspecified atom stereocenters. The van der Waals surface area contributed by atoms with Crippen molar-refractivity contribution < 1.29 is 0 Å². The summed E-state index contributed by atoms with van der Waals surface area (Å²) in [6.45, 7) is 3.97. The molecule has 0 fully saturated rings. The van der Waals surface area contributed by atoms with E-state index in [4.69, 9.17) is 5.73 Å². The van der Waals surface area contributed by atoms with Crippen molar-refractivity contribution >= 4 is 21.7 Å². The summed E-state index contributed by atoms with van der Waals surface area (Å²) in [7, 11) is 1.87. The lowest BCUT2D eigenvalue weighted by Gasteiger charge is -2.06. The second-order valence-corrected chi connectivity index (χ2v) is 4.64. The molecule has 2 heterocycles. The summed E-state index contributed by atoms with van der Waals surface area (Å²) < 4.78 is 2.53. The van der Waals surface area contributed by atoms with Crippen LogP contribution in [0.1, 0.15) is 18.3 Å². The number of aromatic nitrogens is 4. The minimum atomic E-state index is 0.468.